The van der Waals surface area contributed by atoms with Gasteiger partial charge >= 0.3 is 0 Å². The van der Waals surface area contributed by atoms with Crippen LogP contribution in [0.5, 0.6) is 5.75 Å². The van der Waals surface area contributed by atoms with Gasteiger partial charge in [-0.25, -0.2) is 8.42 Å². The molecule has 124 valence electrons. The Balaban J connectivity index is 2.28. The summed E-state index contributed by atoms with van der Waals surface area (Å²) in [4.78, 5) is 1.45. The highest BCUT2D eigenvalue weighted by molar-refractivity contribution is 7.89. The van der Waals surface area contributed by atoms with Gasteiger partial charge in [0.2, 0.25) is 10.0 Å². The molecule has 22 heavy (non-hydrogen) atoms. The third-order valence-corrected chi connectivity index (χ3v) is 6.49. The third kappa shape index (κ3) is 3.68. The molecule has 0 atom stereocenters. The van der Waals surface area contributed by atoms with Gasteiger partial charge in [-0.05, 0) is 19.9 Å². The van der Waals surface area contributed by atoms with Gasteiger partial charge in [-0.2, -0.15) is 4.31 Å². The topological polar surface area (TPSA) is 51.1 Å². The number of hydrogen-bond acceptors (Lipinski definition) is 3. The fraction of sp³-hybridized carbons (Fsp3) is 0.571. The smallest absolute Gasteiger partial charge is 0.245 e. The first kappa shape index (κ1) is 17.8. The SMILES string of the molecule is CCOc1cc(Cl)c(S(=O)(=O)N2CC[NH+](CC)CC2)cc1Cl. The summed E-state index contributed by atoms with van der Waals surface area (Å²) in [5.41, 5.74) is 0. The minimum atomic E-state index is -3.63. The zero-order valence-electron chi connectivity index (χ0n) is 12.7. The van der Waals surface area contributed by atoms with Crippen LogP contribution in [0.15, 0.2) is 17.0 Å². The summed E-state index contributed by atoms with van der Waals surface area (Å²) in [6.07, 6.45) is 0. The molecular weight excluding hydrogens is 347 g/mol. The van der Waals surface area contributed by atoms with Gasteiger partial charge in [0, 0.05) is 6.07 Å². The van der Waals surface area contributed by atoms with Crippen LogP contribution in [-0.2, 0) is 10.0 Å². The first-order valence-electron chi connectivity index (χ1n) is 7.35. The van der Waals surface area contributed by atoms with Crippen molar-refractivity contribution < 1.29 is 18.1 Å². The number of piperazine rings is 1. The molecule has 0 aromatic heterocycles. The van der Waals surface area contributed by atoms with Crippen molar-refractivity contribution in [3.8, 4) is 5.75 Å². The van der Waals surface area contributed by atoms with Crippen LogP contribution in [0.1, 0.15) is 13.8 Å². The number of quaternary nitrogens is 1. The van der Waals surface area contributed by atoms with Crippen LogP contribution in [0.3, 0.4) is 0 Å². The standard InChI is InChI=1S/C14H20Cl2N2O3S/c1-3-17-5-7-18(8-6-17)22(19,20)14-10-11(15)13(21-4-2)9-12(14)16/h9-10H,3-8H2,1-2H3/p+1. The predicted molar refractivity (Wildman–Crippen MR) is 87.6 cm³/mol. The van der Waals surface area contributed by atoms with Crippen LogP contribution < -0.4 is 9.64 Å². The van der Waals surface area contributed by atoms with E-state index in [1.807, 2.05) is 6.92 Å². The number of nitrogens with zero attached hydrogens (tertiary/aromatic N) is 1. The Bertz CT molecular complexity index is 629. The Morgan fingerprint density at radius 3 is 2.36 bits per heavy atom. The Hall–Kier alpha value is -0.530. The van der Waals surface area contributed by atoms with E-state index in [0.29, 0.717) is 25.4 Å². The van der Waals surface area contributed by atoms with E-state index in [9.17, 15) is 8.42 Å². The van der Waals surface area contributed by atoms with Crippen LogP contribution in [0.25, 0.3) is 0 Å². The van der Waals surface area contributed by atoms with Crippen LogP contribution in [0.2, 0.25) is 10.0 Å². The molecule has 1 saturated heterocycles. The maximum Gasteiger partial charge on any atom is 0.245 e. The zero-order chi connectivity index (χ0) is 16.3. The highest BCUT2D eigenvalue weighted by Crippen LogP contribution is 2.34. The summed E-state index contributed by atoms with van der Waals surface area (Å²) >= 11 is 12.2. The lowest BCUT2D eigenvalue weighted by molar-refractivity contribution is -0.901. The van der Waals surface area contributed by atoms with Crippen molar-refractivity contribution in [2.75, 3.05) is 39.3 Å². The lowest BCUT2D eigenvalue weighted by atomic mass is 10.3. The normalized spacial score (nSPS) is 17.6. The molecule has 0 aliphatic carbocycles. The fourth-order valence-electron chi connectivity index (χ4n) is 2.51. The molecule has 0 amide bonds. The first-order valence-corrected chi connectivity index (χ1v) is 9.55. The number of rotatable bonds is 5. The summed E-state index contributed by atoms with van der Waals surface area (Å²) < 4.78 is 32.3. The molecule has 0 bridgehead atoms. The van der Waals surface area contributed by atoms with E-state index in [4.69, 9.17) is 27.9 Å². The largest absolute Gasteiger partial charge is 0.492 e. The van der Waals surface area contributed by atoms with Crippen LogP contribution in [0, 0.1) is 0 Å². The van der Waals surface area contributed by atoms with E-state index in [1.165, 1.54) is 21.3 Å². The number of likely N-dealkylation sites (N-methyl/N-ethyl adjacent to an activating group) is 1. The zero-order valence-corrected chi connectivity index (χ0v) is 15.1. The highest BCUT2D eigenvalue weighted by Gasteiger charge is 2.32. The summed E-state index contributed by atoms with van der Waals surface area (Å²) in [7, 11) is -3.63. The summed E-state index contributed by atoms with van der Waals surface area (Å²) in [6, 6.07) is 2.84. The second kappa shape index (κ2) is 7.36. The average Bonchev–Trinajstić information content (AvgIpc) is 2.50. The lowest BCUT2D eigenvalue weighted by Gasteiger charge is -2.31. The Labute approximate surface area is 141 Å². The fourth-order valence-corrected chi connectivity index (χ4v) is 4.75. The molecule has 1 fully saturated rings. The summed E-state index contributed by atoms with van der Waals surface area (Å²) in [5.74, 6) is 0.397. The van der Waals surface area contributed by atoms with Crippen LogP contribution >= 0.6 is 23.2 Å². The molecule has 0 saturated carbocycles. The molecule has 1 aromatic rings. The lowest BCUT2D eigenvalue weighted by Crippen LogP contribution is -3.14. The van der Waals surface area contributed by atoms with E-state index in [2.05, 4.69) is 6.92 Å². The number of ether oxygens (including phenoxy) is 1. The van der Waals surface area contributed by atoms with Gasteiger partial charge in [0.15, 0.2) is 0 Å². The molecule has 1 aromatic carbocycles. The van der Waals surface area contributed by atoms with Crippen molar-refractivity contribution in [1.29, 1.82) is 0 Å². The molecule has 8 heteroatoms. The molecule has 0 radical (unpaired) electrons. The van der Waals surface area contributed by atoms with Crippen molar-refractivity contribution >= 4 is 33.2 Å². The van der Waals surface area contributed by atoms with E-state index >= 15 is 0 Å². The minimum absolute atomic E-state index is 0.0440. The number of hydrogen-bond donors (Lipinski definition) is 1. The Morgan fingerprint density at radius 2 is 1.82 bits per heavy atom. The van der Waals surface area contributed by atoms with Crippen LogP contribution in [-0.4, -0.2) is 52.1 Å². The maximum atomic E-state index is 12.8. The van der Waals surface area contributed by atoms with E-state index in [0.717, 1.165) is 19.6 Å². The second-order valence-corrected chi connectivity index (χ2v) is 7.87. The summed E-state index contributed by atoms with van der Waals surface area (Å²) in [6.45, 7) is 7.95. The van der Waals surface area contributed by atoms with Gasteiger partial charge in [0.1, 0.15) is 10.6 Å². The number of benzene rings is 1. The van der Waals surface area contributed by atoms with Crippen molar-refractivity contribution in [2.24, 2.45) is 0 Å². The third-order valence-electron chi connectivity index (χ3n) is 3.83. The highest BCUT2D eigenvalue weighted by atomic mass is 35.5. The van der Waals surface area contributed by atoms with Gasteiger partial charge in [-0.1, -0.05) is 23.2 Å². The molecule has 5 nitrogen and oxygen atoms in total. The van der Waals surface area contributed by atoms with E-state index < -0.39 is 10.0 Å². The van der Waals surface area contributed by atoms with Crippen LogP contribution in [0.4, 0.5) is 0 Å². The van der Waals surface area contributed by atoms with Gasteiger partial charge < -0.3 is 9.64 Å². The van der Waals surface area contributed by atoms with Crippen molar-refractivity contribution in [3.05, 3.63) is 22.2 Å². The molecule has 1 aliphatic rings. The molecule has 2 rings (SSSR count). The molecule has 0 spiro atoms. The minimum Gasteiger partial charge on any atom is -0.492 e. The number of sulfonamides is 1. The first-order chi connectivity index (χ1) is 10.4. The maximum absolute atomic E-state index is 12.8. The van der Waals surface area contributed by atoms with Gasteiger partial charge in [-0.15, -0.1) is 0 Å². The molecular formula is C14H21Cl2N2O3S+. The van der Waals surface area contributed by atoms with Crippen molar-refractivity contribution in [2.45, 2.75) is 18.7 Å². The average molecular weight is 368 g/mol. The molecule has 1 N–H and O–H groups in total. The number of halogens is 2. The second-order valence-electron chi connectivity index (χ2n) is 5.15. The predicted octanol–water partition coefficient (Wildman–Crippen LogP) is 1.30. The molecule has 1 aliphatic heterocycles. The molecule has 1 heterocycles. The Kier molecular flexibility index (Phi) is 5.96. The number of nitrogens with one attached hydrogen (secondary N) is 1. The van der Waals surface area contributed by atoms with Gasteiger partial charge in [-0.3, -0.25) is 0 Å². The van der Waals surface area contributed by atoms with Gasteiger partial charge in [0.05, 0.1) is 49.4 Å². The summed E-state index contributed by atoms with van der Waals surface area (Å²) in [5, 5.41) is 0.390. The van der Waals surface area contributed by atoms with E-state index in [-0.39, 0.29) is 14.9 Å². The molecule has 0 unspecified atom stereocenters. The van der Waals surface area contributed by atoms with Gasteiger partial charge in [0.25, 0.3) is 0 Å². The van der Waals surface area contributed by atoms with Crippen molar-refractivity contribution in [3.63, 3.8) is 0 Å². The quantitative estimate of drug-likeness (QED) is 0.853. The Morgan fingerprint density at radius 1 is 1.18 bits per heavy atom. The van der Waals surface area contributed by atoms with E-state index in [1.54, 1.807) is 0 Å². The monoisotopic (exact) mass is 367 g/mol. The van der Waals surface area contributed by atoms with Crippen molar-refractivity contribution in [1.82, 2.24) is 4.31 Å².